The average molecular weight is 273 g/mol. The fourth-order valence-corrected chi connectivity index (χ4v) is 1.49. The molecule has 0 amide bonds. The van der Waals surface area contributed by atoms with E-state index in [1.807, 2.05) is 7.05 Å². The third-order valence-corrected chi connectivity index (χ3v) is 2.15. The lowest BCUT2D eigenvalue weighted by Crippen LogP contribution is -2.03. The SMILES string of the molecule is CNCC=Cc1cccc(I)c1. The molecule has 1 rings (SSSR count). The third kappa shape index (κ3) is 3.36. The van der Waals surface area contributed by atoms with E-state index in [0.29, 0.717) is 0 Å². The van der Waals surface area contributed by atoms with Gasteiger partial charge in [-0.2, -0.15) is 0 Å². The summed E-state index contributed by atoms with van der Waals surface area (Å²) in [5, 5.41) is 3.06. The topological polar surface area (TPSA) is 12.0 Å². The Hall–Kier alpha value is -0.350. The maximum atomic E-state index is 3.06. The van der Waals surface area contributed by atoms with Crippen molar-refractivity contribution < 1.29 is 0 Å². The zero-order valence-electron chi connectivity index (χ0n) is 7.05. The molecule has 0 unspecified atom stereocenters. The summed E-state index contributed by atoms with van der Waals surface area (Å²) < 4.78 is 1.28. The van der Waals surface area contributed by atoms with E-state index in [2.05, 4.69) is 64.3 Å². The van der Waals surface area contributed by atoms with Gasteiger partial charge in [-0.1, -0.05) is 24.3 Å². The van der Waals surface area contributed by atoms with Crippen molar-refractivity contribution in [2.24, 2.45) is 0 Å². The molecule has 0 saturated carbocycles. The number of hydrogen-bond acceptors (Lipinski definition) is 1. The molecule has 0 saturated heterocycles. The van der Waals surface area contributed by atoms with Gasteiger partial charge in [0.25, 0.3) is 0 Å². The Morgan fingerprint density at radius 1 is 1.50 bits per heavy atom. The van der Waals surface area contributed by atoms with Crippen LogP contribution in [0.15, 0.2) is 30.3 Å². The van der Waals surface area contributed by atoms with Crippen LogP contribution in [0.3, 0.4) is 0 Å². The first-order chi connectivity index (χ1) is 5.83. The van der Waals surface area contributed by atoms with E-state index in [-0.39, 0.29) is 0 Å². The van der Waals surface area contributed by atoms with Crippen LogP contribution in [0.2, 0.25) is 0 Å². The standard InChI is InChI=1S/C10H12IN/c1-12-7-3-5-9-4-2-6-10(11)8-9/h2-6,8,12H,7H2,1H3. The predicted octanol–water partition coefficient (Wildman–Crippen LogP) is 2.52. The van der Waals surface area contributed by atoms with Crippen LogP contribution in [0, 0.1) is 3.57 Å². The second-order valence-electron chi connectivity index (χ2n) is 2.52. The molecular formula is C10H12IN. The molecule has 0 radical (unpaired) electrons. The molecule has 0 fully saturated rings. The Kier molecular flexibility index (Phi) is 4.32. The molecule has 1 N–H and O–H groups in total. The molecule has 0 aromatic heterocycles. The van der Waals surface area contributed by atoms with Crippen molar-refractivity contribution in [3.05, 3.63) is 39.5 Å². The van der Waals surface area contributed by atoms with E-state index in [1.54, 1.807) is 0 Å². The van der Waals surface area contributed by atoms with Crippen LogP contribution in [0.5, 0.6) is 0 Å². The normalized spacial score (nSPS) is 10.8. The second-order valence-corrected chi connectivity index (χ2v) is 3.76. The summed E-state index contributed by atoms with van der Waals surface area (Å²) in [7, 11) is 1.94. The highest BCUT2D eigenvalue weighted by atomic mass is 127. The van der Waals surface area contributed by atoms with Crippen molar-refractivity contribution in [1.82, 2.24) is 5.32 Å². The Morgan fingerprint density at radius 2 is 2.33 bits per heavy atom. The first kappa shape index (κ1) is 9.74. The van der Waals surface area contributed by atoms with Crippen molar-refractivity contribution in [3.8, 4) is 0 Å². The van der Waals surface area contributed by atoms with Gasteiger partial charge >= 0.3 is 0 Å². The fraction of sp³-hybridized carbons (Fsp3) is 0.200. The molecule has 0 aliphatic rings. The minimum Gasteiger partial charge on any atom is -0.316 e. The van der Waals surface area contributed by atoms with E-state index in [1.165, 1.54) is 9.13 Å². The maximum Gasteiger partial charge on any atom is 0.0136 e. The van der Waals surface area contributed by atoms with E-state index >= 15 is 0 Å². The summed E-state index contributed by atoms with van der Waals surface area (Å²) in [6.45, 7) is 0.922. The molecule has 0 aliphatic carbocycles. The summed E-state index contributed by atoms with van der Waals surface area (Å²) in [6, 6.07) is 8.43. The molecule has 12 heavy (non-hydrogen) atoms. The monoisotopic (exact) mass is 273 g/mol. The van der Waals surface area contributed by atoms with Crippen LogP contribution in [0.4, 0.5) is 0 Å². The summed E-state index contributed by atoms with van der Waals surface area (Å²) >= 11 is 2.32. The van der Waals surface area contributed by atoms with Gasteiger partial charge in [-0.05, 0) is 47.3 Å². The van der Waals surface area contributed by atoms with Crippen molar-refractivity contribution in [2.75, 3.05) is 13.6 Å². The van der Waals surface area contributed by atoms with Gasteiger partial charge in [0.2, 0.25) is 0 Å². The summed E-state index contributed by atoms with van der Waals surface area (Å²) in [5.74, 6) is 0. The van der Waals surface area contributed by atoms with Crippen LogP contribution >= 0.6 is 22.6 Å². The molecular weight excluding hydrogens is 261 g/mol. The second kappa shape index (κ2) is 5.32. The molecule has 1 nitrogen and oxygen atoms in total. The molecule has 2 heteroatoms. The number of likely N-dealkylation sites (N-methyl/N-ethyl adjacent to an activating group) is 1. The minimum atomic E-state index is 0.922. The lowest BCUT2D eigenvalue weighted by molar-refractivity contribution is 0.922. The van der Waals surface area contributed by atoms with Crippen LogP contribution in [0.1, 0.15) is 5.56 Å². The maximum absolute atomic E-state index is 3.06. The van der Waals surface area contributed by atoms with E-state index in [4.69, 9.17) is 0 Å². The molecule has 1 aromatic carbocycles. The first-order valence-electron chi connectivity index (χ1n) is 3.89. The summed E-state index contributed by atoms with van der Waals surface area (Å²) in [6.07, 6.45) is 4.24. The van der Waals surface area contributed by atoms with Crippen LogP contribution in [-0.4, -0.2) is 13.6 Å². The molecule has 0 spiro atoms. The van der Waals surface area contributed by atoms with E-state index < -0.39 is 0 Å². The van der Waals surface area contributed by atoms with Gasteiger partial charge in [0.05, 0.1) is 0 Å². The molecule has 64 valence electrons. The Balaban J connectivity index is 2.63. The predicted molar refractivity (Wildman–Crippen MR) is 62.1 cm³/mol. The Morgan fingerprint density at radius 3 is 3.00 bits per heavy atom. The Bertz CT molecular complexity index is 268. The van der Waals surface area contributed by atoms with Crippen molar-refractivity contribution in [1.29, 1.82) is 0 Å². The number of halogens is 1. The van der Waals surface area contributed by atoms with Gasteiger partial charge in [-0.25, -0.2) is 0 Å². The molecule has 0 atom stereocenters. The zero-order chi connectivity index (χ0) is 8.81. The van der Waals surface area contributed by atoms with E-state index in [9.17, 15) is 0 Å². The number of hydrogen-bond donors (Lipinski definition) is 1. The largest absolute Gasteiger partial charge is 0.316 e. The number of nitrogens with one attached hydrogen (secondary N) is 1. The quantitative estimate of drug-likeness (QED) is 0.834. The van der Waals surface area contributed by atoms with Crippen molar-refractivity contribution >= 4 is 28.7 Å². The molecule has 0 aliphatic heterocycles. The number of rotatable bonds is 3. The van der Waals surface area contributed by atoms with Crippen molar-refractivity contribution in [3.63, 3.8) is 0 Å². The van der Waals surface area contributed by atoms with Gasteiger partial charge in [-0.15, -0.1) is 0 Å². The summed E-state index contributed by atoms with van der Waals surface area (Å²) in [4.78, 5) is 0. The smallest absolute Gasteiger partial charge is 0.0136 e. The van der Waals surface area contributed by atoms with E-state index in [0.717, 1.165) is 6.54 Å². The highest BCUT2D eigenvalue weighted by molar-refractivity contribution is 14.1. The van der Waals surface area contributed by atoms with Gasteiger partial charge in [0, 0.05) is 10.1 Å². The lowest BCUT2D eigenvalue weighted by Gasteiger charge is -1.94. The van der Waals surface area contributed by atoms with Gasteiger partial charge in [-0.3, -0.25) is 0 Å². The van der Waals surface area contributed by atoms with Crippen molar-refractivity contribution in [2.45, 2.75) is 0 Å². The fourth-order valence-electron chi connectivity index (χ4n) is 0.923. The molecule has 1 aromatic rings. The Labute approximate surface area is 87.0 Å². The zero-order valence-corrected chi connectivity index (χ0v) is 9.21. The third-order valence-electron chi connectivity index (χ3n) is 1.48. The first-order valence-corrected chi connectivity index (χ1v) is 4.97. The minimum absolute atomic E-state index is 0.922. The molecule has 0 bridgehead atoms. The van der Waals surface area contributed by atoms with Gasteiger partial charge < -0.3 is 5.32 Å². The van der Waals surface area contributed by atoms with Crippen LogP contribution < -0.4 is 5.32 Å². The van der Waals surface area contributed by atoms with Gasteiger partial charge in [0.15, 0.2) is 0 Å². The number of benzene rings is 1. The van der Waals surface area contributed by atoms with Crippen LogP contribution in [0.25, 0.3) is 6.08 Å². The molecule has 0 heterocycles. The average Bonchev–Trinajstić information content (AvgIpc) is 2.05. The van der Waals surface area contributed by atoms with Crippen LogP contribution in [-0.2, 0) is 0 Å². The highest BCUT2D eigenvalue weighted by Crippen LogP contribution is 2.08. The lowest BCUT2D eigenvalue weighted by atomic mass is 10.2. The highest BCUT2D eigenvalue weighted by Gasteiger charge is 1.86. The van der Waals surface area contributed by atoms with Gasteiger partial charge in [0.1, 0.15) is 0 Å². The summed E-state index contributed by atoms with van der Waals surface area (Å²) in [5.41, 5.74) is 1.26.